The van der Waals surface area contributed by atoms with Crippen LogP contribution in [0.25, 0.3) is 0 Å². The maximum atomic E-state index is 4.48. The zero-order chi connectivity index (χ0) is 20.8. The Kier molecular flexibility index (Phi) is 9.83. The zero-order valence-electron chi connectivity index (χ0n) is 18.8. The van der Waals surface area contributed by atoms with Crippen LogP contribution in [0.4, 0.5) is 5.69 Å². The van der Waals surface area contributed by atoms with Gasteiger partial charge in [-0.1, -0.05) is 12.1 Å². The van der Waals surface area contributed by atoms with Gasteiger partial charge in [0.1, 0.15) is 0 Å². The molecule has 1 aromatic carbocycles. The van der Waals surface area contributed by atoms with E-state index in [1.807, 2.05) is 14.0 Å². The number of piperazine rings is 1. The molecule has 0 bridgehead atoms. The number of halogens is 1. The summed E-state index contributed by atoms with van der Waals surface area (Å²) >= 11 is 1.74. The van der Waals surface area contributed by atoms with Gasteiger partial charge in [-0.15, -0.1) is 35.3 Å². The second-order valence-electron chi connectivity index (χ2n) is 7.64. The van der Waals surface area contributed by atoms with E-state index in [9.17, 15) is 0 Å². The van der Waals surface area contributed by atoms with Crippen molar-refractivity contribution < 1.29 is 0 Å². The fourth-order valence-corrected chi connectivity index (χ4v) is 4.62. The number of benzene rings is 1. The van der Waals surface area contributed by atoms with Gasteiger partial charge in [0, 0.05) is 56.9 Å². The minimum atomic E-state index is 0. The molecule has 0 amide bonds. The molecule has 2 heterocycles. The summed E-state index contributed by atoms with van der Waals surface area (Å²) in [6.07, 6.45) is 0. The van der Waals surface area contributed by atoms with Gasteiger partial charge in [-0.3, -0.25) is 9.89 Å². The number of hydrogen-bond donors (Lipinski definition) is 2. The third kappa shape index (κ3) is 6.55. The Morgan fingerprint density at radius 1 is 1.10 bits per heavy atom. The zero-order valence-corrected chi connectivity index (χ0v) is 21.9. The first kappa shape index (κ1) is 24.9. The van der Waals surface area contributed by atoms with Crippen molar-refractivity contribution in [3.63, 3.8) is 0 Å². The number of anilines is 1. The average Bonchev–Trinajstić information content (AvgIpc) is 3.04. The highest BCUT2D eigenvalue weighted by Crippen LogP contribution is 2.23. The SMILES string of the molecule is CN=C(NCCN1CCN(c2cccc(C)c2C)CC1)NCc1sc(C)nc1C.I. The highest BCUT2D eigenvalue weighted by atomic mass is 127. The highest BCUT2D eigenvalue weighted by Gasteiger charge is 2.18. The summed E-state index contributed by atoms with van der Waals surface area (Å²) in [4.78, 5) is 15.1. The molecule has 0 aliphatic carbocycles. The van der Waals surface area contributed by atoms with Gasteiger partial charge in [0.25, 0.3) is 0 Å². The van der Waals surface area contributed by atoms with Crippen LogP contribution in [-0.2, 0) is 6.54 Å². The number of aryl methyl sites for hydroxylation is 3. The molecule has 2 N–H and O–H groups in total. The number of nitrogens with one attached hydrogen (secondary N) is 2. The molecule has 1 saturated heterocycles. The Bertz CT molecular complexity index is 842. The van der Waals surface area contributed by atoms with E-state index >= 15 is 0 Å². The number of hydrogen-bond acceptors (Lipinski definition) is 5. The molecular formula is C22H35IN6S. The standard InChI is InChI=1S/C22H34N6S.HI/c1-16-7-6-8-20(17(16)2)28-13-11-27(12-14-28)10-9-24-22(23-5)25-15-21-18(3)26-19(4)29-21;/h6-8H,9-15H2,1-5H3,(H2,23,24,25);1H. The van der Waals surface area contributed by atoms with E-state index in [1.54, 1.807) is 11.3 Å². The lowest BCUT2D eigenvalue weighted by Crippen LogP contribution is -2.49. The minimum absolute atomic E-state index is 0. The molecule has 0 atom stereocenters. The summed E-state index contributed by atoms with van der Waals surface area (Å²) in [6, 6.07) is 6.61. The number of guanidine groups is 1. The van der Waals surface area contributed by atoms with Crippen molar-refractivity contribution in [3.05, 3.63) is 44.9 Å². The molecule has 1 fully saturated rings. The van der Waals surface area contributed by atoms with Gasteiger partial charge in [-0.25, -0.2) is 4.98 Å². The van der Waals surface area contributed by atoms with E-state index < -0.39 is 0 Å². The molecular weight excluding hydrogens is 507 g/mol. The molecule has 1 aliphatic rings. The van der Waals surface area contributed by atoms with Crippen LogP contribution in [0.3, 0.4) is 0 Å². The van der Waals surface area contributed by atoms with Gasteiger partial charge in [0.2, 0.25) is 0 Å². The molecule has 6 nitrogen and oxygen atoms in total. The first-order valence-electron chi connectivity index (χ1n) is 10.4. The second kappa shape index (κ2) is 11.9. The Balaban J connectivity index is 0.00000320. The van der Waals surface area contributed by atoms with Gasteiger partial charge < -0.3 is 15.5 Å². The lowest BCUT2D eigenvalue weighted by atomic mass is 10.1. The van der Waals surface area contributed by atoms with E-state index in [2.05, 4.69) is 69.4 Å². The normalized spacial score (nSPS) is 15.1. The van der Waals surface area contributed by atoms with Crippen LogP contribution in [0.15, 0.2) is 23.2 Å². The van der Waals surface area contributed by atoms with Crippen LogP contribution >= 0.6 is 35.3 Å². The van der Waals surface area contributed by atoms with Crippen molar-refractivity contribution in [3.8, 4) is 0 Å². The van der Waals surface area contributed by atoms with Gasteiger partial charge >= 0.3 is 0 Å². The maximum Gasteiger partial charge on any atom is 0.191 e. The molecule has 2 aromatic rings. The quantitative estimate of drug-likeness (QED) is 0.333. The van der Waals surface area contributed by atoms with E-state index in [4.69, 9.17) is 0 Å². The van der Waals surface area contributed by atoms with Crippen LogP contribution in [0.5, 0.6) is 0 Å². The summed E-state index contributed by atoms with van der Waals surface area (Å²) in [5.74, 6) is 0.851. The summed E-state index contributed by atoms with van der Waals surface area (Å²) in [7, 11) is 1.82. The third-order valence-electron chi connectivity index (χ3n) is 5.65. The molecule has 30 heavy (non-hydrogen) atoms. The molecule has 0 unspecified atom stereocenters. The van der Waals surface area contributed by atoms with Crippen molar-refractivity contribution in [2.45, 2.75) is 34.2 Å². The molecule has 8 heteroatoms. The predicted molar refractivity (Wildman–Crippen MR) is 140 cm³/mol. The summed E-state index contributed by atoms with van der Waals surface area (Å²) in [5, 5.41) is 7.95. The van der Waals surface area contributed by atoms with Crippen molar-refractivity contribution >= 4 is 47.0 Å². The van der Waals surface area contributed by atoms with Crippen molar-refractivity contribution in [2.24, 2.45) is 4.99 Å². The number of aromatic nitrogens is 1. The fourth-order valence-electron chi connectivity index (χ4n) is 3.75. The summed E-state index contributed by atoms with van der Waals surface area (Å²) in [5.41, 5.74) is 5.28. The highest BCUT2D eigenvalue weighted by molar-refractivity contribution is 14.0. The Hall–Kier alpha value is -1.39. The fraction of sp³-hybridized carbons (Fsp3) is 0.545. The first-order valence-corrected chi connectivity index (χ1v) is 11.2. The number of nitrogens with zero attached hydrogens (tertiary/aromatic N) is 4. The molecule has 0 saturated carbocycles. The second-order valence-corrected chi connectivity index (χ2v) is 8.93. The van der Waals surface area contributed by atoms with E-state index in [0.717, 1.165) is 62.5 Å². The molecule has 1 aromatic heterocycles. The monoisotopic (exact) mass is 542 g/mol. The molecule has 0 radical (unpaired) electrons. The minimum Gasteiger partial charge on any atom is -0.369 e. The maximum absolute atomic E-state index is 4.48. The van der Waals surface area contributed by atoms with Gasteiger partial charge in [0.05, 0.1) is 17.2 Å². The van der Waals surface area contributed by atoms with E-state index in [1.165, 1.54) is 21.7 Å². The van der Waals surface area contributed by atoms with Crippen LogP contribution in [0, 0.1) is 27.7 Å². The van der Waals surface area contributed by atoms with Crippen molar-refractivity contribution in [1.29, 1.82) is 0 Å². The van der Waals surface area contributed by atoms with Crippen LogP contribution in [-0.4, -0.2) is 62.2 Å². The Morgan fingerprint density at radius 2 is 1.83 bits per heavy atom. The molecule has 1 aliphatic heterocycles. The molecule has 0 spiro atoms. The first-order chi connectivity index (χ1) is 14.0. The number of rotatable bonds is 6. The van der Waals surface area contributed by atoms with E-state index in [-0.39, 0.29) is 24.0 Å². The van der Waals surface area contributed by atoms with Crippen molar-refractivity contribution in [1.82, 2.24) is 20.5 Å². The lowest BCUT2D eigenvalue weighted by molar-refractivity contribution is 0.261. The van der Waals surface area contributed by atoms with Gasteiger partial charge in [-0.2, -0.15) is 0 Å². The summed E-state index contributed by atoms with van der Waals surface area (Å²) in [6.45, 7) is 15.6. The van der Waals surface area contributed by atoms with Gasteiger partial charge in [-0.05, 0) is 44.9 Å². The van der Waals surface area contributed by atoms with Crippen LogP contribution in [0.2, 0.25) is 0 Å². The number of thiazole rings is 1. The Labute approximate surface area is 202 Å². The molecule has 166 valence electrons. The van der Waals surface area contributed by atoms with Crippen molar-refractivity contribution in [2.75, 3.05) is 51.2 Å². The predicted octanol–water partition coefficient (Wildman–Crippen LogP) is 3.48. The smallest absolute Gasteiger partial charge is 0.191 e. The Morgan fingerprint density at radius 3 is 2.47 bits per heavy atom. The number of aliphatic imine (C=N–C) groups is 1. The van der Waals surface area contributed by atoms with Gasteiger partial charge in [0.15, 0.2) is 5.96 Å². The third-order valence-corrected chi connectivity index (χ3v) is 6.72. The van der Waals surface area contributed by atoms with E-state index in [0.29, 0.717) is 0 Å². The molecule has 3 rings (SSSR count). The average molecular weight is 543 g/mol. The van der Waals surface area contributed by atoms with Crippen LogP contribution < -0.4 is 15.5 Å². The topological polar surface area (TPSA) is 55.8 Å². The lowest BCUT2D eigenvalue weighted by Gasteiger charge is -2.37. The van der Waals surface area contributed by atoms with Crippen LogP contribution in [0.1, 0.15) is 26.7 Å². The largest absolute Gasteiger partial charge is 0.369 e. The summed E-state index contributed by atoms with van der Waals surface area (Å²) < 4.78 is 0.